The van der Waals surface area contributed by atoms with Crippen LogP contribution in [0.2, 0.25) is 0 Å². The van der Waals surface area contributed by atoms with Crippen LogP contribution in [0.25, 0.3) is 0 Å². The van der Waals surface area contributed by atoms with Gasteiger partial charge in [0.2, 0.25) is 10.0 Å². The molecule has 0 aliphatic heterocycles. The van der Waals surface area contributed by atoms with E-state index in [-0.39, 0.29) is 22.9 Å². The van der Waals surface area contributed by atoms with E-state index in [1.54, 1.807) is 0 Å². The van der Waals surface area contributed by atoms with Crippen LogP contribution in [0.1, 0.15) is 25.8 Å². The molecule has 0 fully saturated rings. The zero-order chi connectivity index (χ0) is 14.6. The van der Waals surface area contributed by atoms with Gasteiger partial charge < -0.3 is 5.73 Å². The summed E-state index contributed by atoms with van der Waals surface area (Å²) in [6, 6.07) is 3.87. The number of hydrogen-bond donors (Lipinski definition) is 3. The van der Waals surface area contributed by atoms with E-state index in [9.17, 15) is 12.8 Å². The number of amidine groups is 1. The molecule has 0 aliphatic carbocycles. The minimum absolute atomic E-state index is 0.00347. The van der Waals surface area contributed by atoms with Crippen molar-refractivity contribution in [3.05, 3.63) is 29.6 Å². The summed E-state index contributed by atoms with van der Waals surface area (Å²) in [5.74, 6) is -1.05. The minimum Gasteiger partial charge on any atom is -0.384 e. The van der Waals surface area contributed by atoms with Gasteiger partial charge in [0.15, 0.2) is 0 Å². The average Bonchev–Trinajstić information content (AvgIpc) is 2.25. The Labute approximate surface area is 112 Å². The number of anilines is 1. The molecule has 5 nitrogen and oxygen atoms in total. The maximum absolute atomic E-state index is 13.5. The number of nitrogens with one attached hydrogen (secondary N) is 2. The van der Waals surface area contributed by atoms with Crippen LogP contribution < -0.4 is 10.5 Å². The van der Waals surface area contributed by atoms with Crippen molar-refractivity contribution < 1.29 is 12.8 Å². The van der Waals surface area contributed by atoms with Crippen LogP contribution in [0.15, 0.2) is 18.2 Å². The molecular weight excluding hydrogens is 269 g/mol. The van der Waals surface area contributed by atoms with E-state index in [0.717, 1.165) is 6.07 Å². The highest BCUT2D eigenvalue weighted by Crippen LogP contribution is 2.20. The normalized spacial score (nSPS) is 11.6. The lowest BCUT2D eigenvalue weighted by Crippen LogP contribution is -2.22. The second-order valence-electron chi connectivity index (χ2n) is 4.68. The summed E-state index contributed by atoms with van der Waals surface area (Å²) in [6.45, 7) is 3.83. The third-order valence-corrected chi connectivity index (χ3v) is 3.82. The molecule has 1 aromatic rings. The topological polar surface area (TPSA) is 96.0 Å². The zero-order valence-corrected chi connectivity index (χ0v) is 11.7. The van der Waals surface area contributed by atoms with Crippen LogP contribution in [-0.4, -0.2) is 20.0 Å². The Kier molecular flexibility index (Phi) is 4.88. The SMILES string of the molecule is CC(C)CCS(=O)(=O)Nc1cccc(F)c1C(=N)N. The lowest BCUT2D eigenvalue weighted by atomic mass is 10.1. The first-order valence-electron chi connectivity index (χ1n) is 5.86. The third-order valence-electron chi connectivity index (χ3n) is 2.51. The molecule has 0 heterocycles. The van der Waals surface area contributed by atoms with Crippen molar-refractivity contribution in [2.75, 3.05) is 10.5 Å². The second kappa shape index (κ2) is 6.01. The van der Waals surface area contributed by atoms with Gasteiger partial charge >= 0.3 is 0 Å². The number of nitrogen functional groups attached to an aromatic ring is 1. The Morgan fingerprint density at radius 3 is 2.63 bits per heavy atom. The lowest BCUT2D eigenvalue weighted by molar-refractivity contribution is 0.578. The number of hydrogen-bond acceptors (Lipinski definition) is 3. The summed E-state index contributed by atoms with van der Waals surface area (Å²) >= 11 is 0. The van der Waals surface area contributed by atoms with Gasteiger partial charge in [-0.1, -0.05) is 19.9 Å². The summed E-state index contributed by atoms with van der Waals surface area (Å²) < 4.78 is 39.5. The molecule has 7 heteroatoms. The monoisotopic (exact) mass is 287 g/mol. The quantitative estimate of drug-likeness (QED) is 0.550. The van der Waals surface area contributed by atoms with Crippen molar-refractivity contribution in [1.29, 1.82) is 5.41 Å². The molecule has 106 valence electrons. The molecular formula is C12H18FN3O2S. The van der Waals surface area contributed by atoms with Crippen LogP contribution in [0.4, 0.5) is 10.1 Å². The molecule has 4 N–H and O–H groups in total. The Bertz CT molecular complexity index is 570. The van der Waals surface area contributed by atoms with Crippen LogP contribution in [0.3, 0.4) is 0 Å². The van der Waals surface area contributed by atoms with Crippen molar-refractivity contribution in [3.8, 4) is 0 Å². The molecule has 0 amide bonds. The molecule has 0 saturated carbocycles. The first-order valence-corrected chi connectivity index (χ1v) is 7.51. The number of sulfonamides is 1. The van der Waals surface area contributed by atoms with Gasteiger partial charge in [0.05, 0.1) is 17.0 Å². The van der Waals surface area contributed by atoms with Crippen LogP contribution in [0.5, 0.6) is 0 Å². The number of rotatable bonds is 6. The number of benzene rings is 1. The van der Waals surface area contributed by atoms with E-state index >= 15 is 0 Å². The van der Waals surface area contributed by atoms with Gasteiger partial charge in [0.25, 0.3) is 0 Å². The predicted molar refractivity (Wildman–Crippen MR) is 74.3 cm³/mol. The molecule has 0 bridgehead atoms. The van der Waals surface area contributed by atoms with Gasteiger partial charge in [-0.15, -0.1) is 0 Å². The fourth-order valence-electron chi connectivity index (χ4n) is 1.49. The van der Waals surface area contributed by atoms with Crippen molar-refractivity contribution in [3.63, 3.8) is 0 Å². The zero-order valence-electron chi connectivity index (χ0n) is 10.9. The number of nitrogens with two attached hydrogens (primary N) is 1. The summed E-state index contributed by atoms with van der Waals surface area (Å²) in [5.41, 5.74) is 5.04. The maximum Gasteiger partial charge on any atom is 0.232 e. The lowest BCUT2D eigenvalue weighted by Gasteiger charge is -2.13. The van der Waals surface area contributed by atoms with E-state index in [1.165, 1.54) is 12.1 Å². The Balaban J connectivity index is 3.00. The molecule has 0 aliphatic rings. The van der Waals surface area contributed by atoms with E-state index in [2.05, 4.69) is 4.72 Å². The van der Waals surface area contributed by atoms with Crippen molar-refractivity contribution >= 4 is 21.5 Å². The van der Waals surface area contributed by atoms with Gasteiger partial charge in [-0.25, -0.2) is 12.8 Å². The highest BCUT2D eigenvalue weighted by Gasteiger charge is 2.17. The first kappa shape index (κ1) is 15.4. The molecule has 0 spiro atoms. The molecule has 0 unspecified atom stereocenters. The molecule has 0 aromatic heterocycles. The Morgan fingerprint density at radius 1 is 1.47 bits per heavy atom. The maximum atomic E-state index is 13.5. The van der Waals surface area contributed by atoms with E-state index < -0.39 is 21.7 Å². The molecule has 0 radical (unpaired) electrons. The smallest absolute Gasteiger partial charge is 0.232 e. The highest BCUT2D eigenvalue weighted by molar-refractivity contribution is 7.92. The van der Waals surface area contributed by atoms with Crippen LogP contribution in [-0.2, 0) is 10.0 Å². The van der Waals surface area contributed by atoms with Gasteiger partial charge in [-0.3, -0.25) is 10.1 Å². The van der Waals surface area contributed by atoms with E-state index in [0.29, 0.717) is 6.42 Å². The highest BCUT2D eigenvalue weighted by atomic mass is 32.2. The standard InChI is InChI=1S/C12H18FN3O2S/c1-8(2)6-7-19(17,18)16-10-5-3-4-9(13)11(10)12(14)15/h3-5,8,16H,6-7H2,1-2H3,(H3,14,15). The second-order valence-corrected chi connectivity index (χ2v) is 6.52. The largest absolute Gasteiger partial charge is 0.384 e. The Morgan fingerprint density at radius 2 is 2.11 bits per heavy atom. The van der Waals surface area contributed by atoms with Gasteiger partial charge in [-0.2, -0.15) is 0 Å². The summed E-state index contributed by atoms with van der Waals surface area (Å²) in [6.07, 6.45) is 0.500. The van der Waals surface area contributed by atoms with Crippen molar-refractivity contribution in [2.45, 2.75) is 20.3 Å². The van der Waals surface area contributed by atoms with Gasteiger partial charge in [0.1, 0.15) is 11.7 Å². The molecule has 0 atom stereocenters. The molecule has 1 aromatic carbocycles. The minimum atomic E-state index is -3.57. The van der Waals surface area contributed by atoms with E-state index in [1.807, 2.05) is 13.8 Å². The van der Waals surface area contributed by atoms with Gasteiger partial charge in [0, 0.05) is 0 Å². The molecule has 0 saturated heterocycles. The Hall–Kier alpha value is -1.63. The predicted octanol–water partition coefficient (Wildman–Crippen LogP) is 1.90. The third kappa shape index (κ3) is 4.51. The van der Waals surface area contributed by atoms with Crippen LogP contribution in [0, 0.1) is 17.1 Å². The molecule has 19 heavy (non-hydrogen) atoms. The fourth-order valence-corrected chi connectivity index (χ4v) is 2.88. The summed E-state index contributed by atoms with van der Waals surface area (Å²) in [4.78, 5) is 0. The van der Waals surface area contributed by atoms with E-state index in [4.69, 9.17) is 11.1 Å². The summed E-state index contributed by atoms with van der Waals surface area (Å²) in [5, 5.41) is 7.30. The van der Waals surface area contributed by atoms with Crippen molar-refractivity contribution in [2.24, 2.45) is 11.7 Å². The first-order chi connectivity index (χ1) is 8.73. The fraction of sp³-hybridized carbons (Fsp3) is 0.417. The summed E-state index contributed by atoms with van der Waals surface area (Å²) in [7, 11) is -3.57. The number of halogens is 1. The van der Waals surface area contributed by atoms with Crippen LogP contribution >= 0.6 is 0 Å². The molecule has 1 rings (SSSR count). The average molecular weight is 287 g/mol. The van der Waals surface area contributed by atoms with Crippen molar-refractivity contribution in [1.82, 2.24) is 0 Å². The van der Waals surface area contributed by atoms with Gasteiger partial charge in [-0.05, 0) is 24.5 Å².